The Hall–Kier alpha value is -1.22. The fourth-order valence-corrected chi connectivity index (χ4v) is 1.48. The first kappa shape index (κ1) is 12.8. The highest BCUT2D eigenvalue weighted by atomic mass is 16.5. The molecule has 0 saturated carbocycles. The van der Waals surface area contributed by atoms with Gasteiger partial charge in [0.05, 0.1) is 13.2 Å². The minimum Gasteiger partial charge on any atom is -0.493 e. The molecule has 0 amide bonds. The van der Waals surface area contributed by atoms with Crippen LogP contribution in [0.5, 0.6) is 11.5 Å². The van der Waals surface area contributed by atoms with Gasteiger partial charge in [-0.05, 0) is 38.0 Å². The van der Waals surface area contributed by atoms with Crippen LogP contribution in [-0.2, 0) is 0 Å². The Morgan fingerprint density at radius 3 is 2.56 bits per heavy atom. The molecule has 0 aromatic heterocycles. The van der Waals surface area contributed by atoms with Gasteiger partial charge in [0.2, 0.25) is 0 Å². The van der Waals surface area contributed by atoms with Crippen LogP contribution in [0, 0.1) is 6.92 Å². The van der Waals surface area contributed by atoms with E-state index in [4.69, 9.17) is 9.47 Å². The summed E-state index contributed by atoms with van der Waals surface area (Å²) in [7, 11) is 1.61. The van der Waals surface area contributed by atoms with Crippen molar-refractivity contribution in [2.45, 2.75) is 39.4 Å². The molecule has 0 radical (unpaired) electrons. The van der Waals surface area contributed by atoms with E-state index in [0.717, 1.165) is 5.56 Å². The number of hydrogen-bond acceptors (Lipinski definition) is 3. The minimum atomic E-state index is -0.453. The van der Waals surface area contributed by atoms with E-state index in [-0.39, 0.29) is 6.10 Å². The van der Waals surface area contributed by atoms with Crippen molar-refractivity contribution >= 4 is 0 Å². The Kier molecular flexibility index (Phi) is 4.62. The van der Waals surface area contributed by atoms with E-state index in [2.05, 4.69) is 0 Å². The van der Waals surface area contributed by atoms with Crippen molar-refractivity contribution in [1.29, 1.82) is 0 Å². The average Bonchev–Trinajstić information content (AvgIpc) is 2.30. The van der Waals surface area contributed by atoms with E-state index in [0.29, 0.717) is 17.9 Å². The fourth-order valence-electron chi connectivity index (χ4n) is 1.48. The third-order valence-corrected chi connectivity index (χ3v) is 2.59. The van der Waals surface area contributed by atoms with E-state index < -0.39 is 6.10 Å². The van der Waals surface area contributed by atoms with Gasteiger partial charge in [-0.3, -0.25) is 0 Å². The predicted molar refractivity (Wildman–Crippen MR) is 64.1 cm³/mol. The lowest BCUT2D eigenvalue weighted by atomic mass is 10.1. The van der Waals surface area contributed by atoms with Crippen LogP contribution in [-0.4, -0.2) is 24.4 Å². The predicted octanol–water partition coefficient (Wildman–Crippen LogP) is 2.54. The van der Waals surface area contributed by atoms with Gasteiger partial charge in [-0.25, -0.2) is 0 Å². The average molecular weight is 224 g/mol. The maximum absolute atomic E-state index is 9.64. The monoisotopic (exact) mass is 224 g/mol. The molecule has 0 spiro atoms. The smallest absolute Gasteiger partial charge is 0.161 e. The van der Waals surface area contributed by atoms with Crippen LogP contribution >= 0.6 is 0 Å². The number of benzene rings is 1. The number of rotatable bonds is 5. The lowest BCUT2D eigenvalue weighted by Crippen LogP contribution is -2.28. The van der Waals surface area contributed by atoms with Gasteiger partial charge in [-0.15, -0.1) is 0 Å². The topological polar surface area (TPSA) is 38.7 Å². The number of methoxy groups -OCH3 is 1. The zero-order valence-electron chi connectivity index (χ0n) is 10.4. The summed E-state index contributed by atoms with van der Waals surface area (Å²) in [6, 6.07) is 5.75. The van der Waals surface area contributed by atoms with E-state index in [1.165, 1.54) is 0 Å². The summed E-state index contributed by atoms with van der Waals surface area (Å²) in [5, 5.41) is 9.64. The summed E-state index contributed by atoms with van der Waals surface area (Å²) >= 11 is 0. The summed E-state index contributed by atoms with van der Waals surface area (Å²) in [5.74, 6) is 1.38. The zero-order chi connectivity index (χ0) is 12.1. The van der Waals surface area contributed by atoms with Gasteiger partial charge in [0.25, 0.3) is 0 Å². The van der Waals surface area contributed by atoms with E-state index in [1.807, 2.05) is 39.0 Å². The Morgan fingerprint density at radius 2 is 2.00 bits per heavy atom. The summed E-state index contributed by atoms with van der Waals surface area (Å²) in [6.45, 7) is 5.78. The molecule has 0 aliphatic heterocycles. The standard InChI is InChI=1S/C13H20O3/c1-5-11(14)10(3)16-12-7-6-9(2)8-13(12)15-4/h6-8,10-11,14H,5H2,1-4H3. The molecule has 0 aliphatic rings. The molecule has 1 aromatic carbocycles. The third-order valence-electron chi connectivity index (χ3n) is 2.59. The molecule has 0 bridgehead atoms. The van der Waals surface area contributed by atoms with Crippen molar-refractivity contribution in [2.75, 3.05) is 7.11 Å². The summed E-state index contributed by atoms with van der Waals surface area (Å²) in [6.07, 6.45) is -0.0115. The van der Waals surface area contributed by atoms with Crippen molar-refractivity contribution in [3.8, 4) is 11.5 Å². The Bertz CT molecular complexity index is 336. The van der Waals surface area contributed by atoms with Gasteiger partial charge in [-0.2, -0.15) is 0 Å². The summed E-state index contributed by atoms with van der Waals surface area (Å²) in [5.41, 5.74) is 1.12. The molecule has 1 N–H and O–H groups in total. The van der Waals surface area contributed by atoms with Gasteiger partial charge in [0, 0.05) is 0 Å². The van der Waals surface area contributed by atoms with Crippen LogP contribution in [0.4, 0.5) is 0 Å². The molecule has 1 aromatic rings. The number of aliphatic hydroxyl groups excluding tert-OH is 1. The molecule has 0 heterocycles. The van der Waals surface area contributed by atoms with Crippen LogP contribution in [0.3, 0.4) is 0 Å². The largest absolute Gasteiger partial charge is 0.493 e. The van der Waals surface area contributed by atoms with Gasteiger partial charge < -0.3 is 14.6 Å². The first-order valence-corrected chi connectivity index (χ1v) is 5.57. The highest BCUT2D eigenvalue weighted by Crippen LogP contribution is 2.29. The molecular formula is C13H20O3. The Morgan fingerprint density at radius 1 is 1.31 bits per heavy atom. The second kappa shape index (κ2) is 5.75. The van der Waals surface area contributed by atoms with E-state index in [9.17, 15) is 5.11 Å². The number of aryl methyl sites for hydroxylation is 1. The first-order valence-electron chi connectivity index (χ1n) is 5.57. The van der Waals surface area contributed by atoms with Crippen molar-refractivity contribution in [2.24, 2.45) is 0 Å². The maximum Gasteiger partial charge on any atom is 0.161 e. The molecule has 2 unspecified atom stereocenters. The zero-order valence-corrected chi connectivity index (χ0v) is 10.4. The molecule has 0 fully saturated rings. The molecular weight excluding hydrogens is 204 g/mol. The molecule has 0 aliphatic carbocycles. The number of hydrogen-bond donors (Lipinski definition) is 1. The molecule has 16 heavy (non-hydrogen) atoms. The SMILES string of the molecule is CCC(O)C(C)Oc1ccc(C)cc1OC. The first-order chi connectivity index (χ1) is 7.58. The van der Waals surface area contributed by atoms with Crippen LogP contribution in [0.15, 0.2) is 18.2 Å². The number of ether oxygens (including phenoxy) is 2. The lowest BCUT2D eigenvalue weighted by molar-refractivity contribution is 0.0436. The van der Waals surface area contributed by atoms with E-state index >= 15 is 0 Å². The molecule has 1 rings (SSSR count). The van der Waals surface area contributed by atoms with Crippen molar-refractivity contribution < 1.29 is 14.6 Å². The molecule has 3 heteroatoms. The maximum atomic E-state index is 9.64. The molecule has 0 saturated heterocycles. The van der Waals surface area contributed by atoms with Crippen LogP contribution < -0.4 is 9.47 Å². The Balaban J connectivity index is 2.80. The van der Waals surface area contributed by atoms with E-state index in [1.54, 1.807) is 7.11 Å². The van der Waals surface area contributed by atoms with Crippen molar-refractivity contribution in [1.82, 2.24) is 0 Å². The highest BCUT2D eigenvalue weighted by molar-refractivity contribution is 5.42. The second-order valence-corrected chi connectivity index (χ2v) is 3.95. The lowest BCUT2D eigenvalue weighted by Gasteiger charge is -2.20. The van der Waals surface area contributed by atoms with Gasteiger partial charge in [0.1, 0.15) is 6.10 Å². The third kappa shape index (κ3) is 3.14. The van der Waals surface area contributed by atoms with Gasteiger partial charge >= 0.3 is 0 Å². The van der Waals surface area contributed by atoms with Crippen LogP contribution in [0.25, 0.3) is 0 Å². The van der Waals surface area contributed by atoms with Gasteiger partial charge in [0.15, 0.2) is 11.5 Å². The Labute approximate surface area is 97.0 Å². The normalized spacial score (nSPS) is 14.3. The molecule has 90 valence electrons. The second-order valence-electron chi connectivity index (χ2n) is 3.95. The minimum absolute atomic E-state index is 0.235. The summed E-state index contributed by atoms with van der Waals surface area (Å²) in [4.78, 5) is 0. The van der Waals surface area contributed by atoms with Crippen molar-refractivity contribution in [3.63, 3.8) is 0 Å². The van der Waals surface area contributed by atoms with Gasteiger partial charge in [-0.1, -0.05) is 13.0 Å². The molecule has 2 atom stereocenters. The number of aliphatic hydroxyl groups is 1. The molecule has 3 nitrogen and oxygen atoms in total. The fraction of sp³-hybridized carbons (Fsp3) is 0.538. The summed E-state index contributed by atoms with van der Waals surface area (Å²) < 4.78 is 10.9. The van der Waals surface area contributed by atoms with Crippen LogP contribution in [0.1, 0.15) is 25.8 Å². The highest BCUT2D eigenvalue weighted by Gasteiger charge is 2.15. The van der Waals surface area contributed by atoms with Crippen LogP contribution in [0.2, 0.25) is 0 Å². The quantitative estimate of drug-likeness (QED) is 0.835. The van der Waals surface area contributed by atoms with Crippen molar-refractivity contribution in [3.05, 3.63) is 23.8 Å².